The maximum atomic E-state index is 12.5. The van der Waals surface area contributed by atoms with Crippen molar-refractivity contribution in [2.45, 2.75) is 25.2 Å². The van der Waals surface area contributed by atoms with Crippen LogP contribution in [0.25, 0.3) is 0 Å². The molecule has 0 bridgehead atoms. The molecule has 0 aliphatic rings. The molecule has 0 aliphatic heterocycles. The first-order valence-corrected chi connectivity index (χ1v) is 8.79. The number of benzene rings is 2. The average molecular weight is 369 g/mol. The summed E-state index contributed by atoms with van der Waals surface area (Å²) in [7, 11) is -3.66. The topological polar surface area (TPSA) is 72.2 Å². The number of nitrogens with one attached hydrogen (secondary N) is 1. The van der Waals surface area contributed by atoms with E-state index in [9.17, 15) is 8.42 Å². The smallest absolute Gasteiger partial charge is 0.261 e. The third-order valence-corrected chi connectivity index (χ3v) is 5.32. The van der Waals surface area contributed by atoms with Gasteiger partial charge < -0.3 is 5.73 Å². The zero-order chi connectivity index (χ0) is 15.6. The summed E-state index contributed by atoms with van der Waals surface area (Å²) in [5, 5.41) is 0. The fourth-order valence-electron chi connectivity index (χ4n) is 2.05. The normalized spacial score (nSPS) is 11.4. The molecule has 0 unspecified atom stereocenters. The van der Waals surface area contributed by atoms with Crippen LogP contribution in [0.5, 0.6) is 0 Å². The van der Waals surface area contributed by atoms with Crippen LogP contribution in [0.3, 0.4) is 0 Å². The molecule has 0 fully saturated rings. The number of para-hydroxylation sites is 1. The molecule has 2 aromatic rings. The molecular formula is C15H17BrN2O2S. The highest BCUT2D eigenvalue weighted by Gasteiger charge is 2.17. The van der Waals surface area contributed by atoms with Crippen molar-refractivity contribution in [1.29, 1.82) is 0 Å². The van der Waals surface area contributed by atoms with Gasteiger partial charge in [0.25, 0.3) is 10.0 Å². The molecule has 0 saturated heterocycles. The van der Waals surface area contributed by atoms with E-state index in [0.717, 1.165) is 17.5 Å². The van der Waals surface area contributed by atoms with Gasteiger partial charge in [-0.15, -0.1) is 0 Å². The second-order valence-corrected chi connectivity index (χ2v) is 7.29. The Kier molecular flexibility index (Phi) is 4.58. The molecule has 2 aromatic carbocycles. The van der Waals surface area contributed by atoms with E-state index in [1.165, 1.54) is 12.1 Å². The van der Waals surface area contributed by atoms with Crippen molar-refractivity contribution in [2.75, 3.05) is 10.5 Å². The van der Waals surface area contributed by atoms with Gasteiger partial charge >= 0.3 is 0 Å². The van der Waals surface area contributed by atoms with Crippen molar-refractivity contribution in [3.8, 4) is 0 Å². The average Bonchev–Trinajstić information content (AvgIpc) is 2.43. The Morgan fingerprint density at radius 3 is 2.57 bits per heavy atom. The molecule has 4 nitrogen and oxygen atoms in total. The lowest BCUT2D eigenvalue weighted by Gasteiger charge is -2.15. The number of nitrogen functional groups attached to an aromatic ring is 1. The van der Waals surface area contributed by atoms with Gasteiger partial charge in [0.05, 0.1) is 10.6 Å². The van der Waals surface area contributed by atoms with Crippen molar-refractivity contribution in [3.05, 3.63) is 52.0 Å². The molecule has 0 spiro atoms. The standard InChI is InChI=1S/C15H17BrN2O2S/c1-3-11-6-4-5-10(2)15(11)18-21(19,20)12-7-8-13(16)14(17)9-12/h4-9,18H,3,17H2,1-2H3. The fraction of sp³-hybridized carbons (Fsp3) is 0.200. The first kappa shape index (κ1) is 15.9. The molecule has 3 N–H and O–H groups in total. The number of hydrogen-bond acceptors (Lipinski definition) is 3. The second kappa shape index (κ2) is 6.07. The molecule has 2 rings (SSSR count). The molecule has 6 heteroatoms. The van der Waals surface area contributed by atoms with Gasteiger partial charge in [0, 0.05) is 10.2 Å². The van der Waals surface area contributed by atoms with Crippen LogP contribution in [-0.4, -0.2) is 8.42 Å². The molecule has 0 aliphatic carbocycles. The zero-order valence-corrected chi connectivity index (χ0v) is 14.3. The number of halogens is 1. The highest BCUT2D eigenvalue weighted by Crippen LogP contribution is 2.27. The van der Waals surface area contributed by atoms with E-state index in [0.29, 0.717) is 15.8 Å². The summed E-state index contributed by atoms with van der Waals surface area (Å²) in [4.78, 5) is 0.147. The summed E-state index contributed by atoms with van der Waals surface area (Å²) in [6.45, 7) is 3.87. The molecule has 0 radical (unpaired) electrons. The number of nitrogens with two attached hydrogens (primary N) is 1. The van der Waals surface area contributed by atoms with Gasteiger partial charge in [-0.05, 0) is 58.6 Å². The first-order valence-electron chi connectivity index (χ1n) is 6.51. The Morgan fingerprint density at radius 2 is 1.95 bits per heavy atom. The van der Waals surface area contributed by atoms with Gasteiger partial charge in [0.2, 0.25) is 0 Å². The Morgan fingerprint density at radius 1 is 1.24 bits per heavy atom. The van der Waals surface area contributed by atoms with Crippen LogP contribution < -0.4 is 10.5 Å². The maximum Gasteiger partial charge on any atom is 0.261 e. The summed E-state index contributed by atoms with van der Waals surface area (Å²) in [5.74, 6) is 0. The Labute approximate surface area is 133 Å². The quantitative estimate of drug-likeness (QED) is 0.808. The van der Waals surface area contributed by atoms with E-state index in [1.807, 2.05) is 32.0 Å². The van der Waals surface area contributed by atoms with Crippen LogP contribution >= 0.6 is 15.9 Å². The molecule has 21 heavy (non-hydrogen) atoms. The van der Waals surface area contributed by atoms with E-state index in [2.05, 4.69) is 20.7 Å². The highest BCUT2D eigenvalue weighted by molar-refractivity contribution is 9.10. The minimum atomic E-state index is -3.66. The number of sulfonamides is 1. The largest absolute Gasteiger partial charge is 0.398 e. The van der Waals surface area contributed by atoms with Gasteiger partial charge in [0.1, 0.15) is 0 Å². The van der Waals surface area contributed by atoms with Gasteiger partial charge in [-0.1, -0.05) is 25.1 Å². The summed E-state index contributed by atoms with van der Waals surface area (Å²) >= 11 is 3.26. The Hall–Kier alpha value is -1.53. The summed E-state index contributed by atoms with van der Waals surface area (Å²) in [6, 6.07) is 10.3. The number of anilines is 2. The van der Waals surface area contributed by atoms with E-state index in [-0.39, 0.29) is 4.90 Å². The van der Waals surface area contributed by atoms with Crippen molar-refractivity contribution < 1.29 is 8.42 Å². The van der Waals surface area contributed by atoms with Crippen molar-refractivity contribution in [3.63, 3.8) is 0 Å². The lowest BCUT2D eigenvalue weighted by atomic mass is 10.1. The molecule has 112 valence electrons. The van der Waals surface area contributed by atoms with Crippen LogP contribution in [0.2, 0.25) is 0 Å². The van der Waals surface area contributed by atoms with Gasteiger partial charge in [0.15, 0.2) is 0 Å². The number of hydrogen-bond donors (Lipinski definition) is 2. The number of aryl methyl sites for hydroxylation is 2. The second-order valence-electron chi connectivity index (χ2n) is 4.75. The maximum absolute atomic E-state index is 12.5. The Balaban J connectivity index is 2.44. The van der Waals surface area contributed by atoms with Gasteiger partial charge in [-0.25, -0.2) is 8.42 Å². The van der Waals surface area contributed by atoms with Gasteiger partial charge in [-0.3, -0.25) is 4.72 Å². The Bertz CT molecular complexity index is 773. The molecular weight excluding hydrogens is 352 g/mol. The van der Waals surface area contributed by atoms with Crippen LogP contribution in [-0.2, 0) is 16.4 Å². The molecule has 0 amide bonds. The van der Waals surface area contributed by atoms with Crippen LogP contribution in [0.15, 0.2) is 45.8 Å². The van der Waals surface area contributed by atoms with E-state index in [4.69, 9.17) is 5.73 Å². The molecule has 0 aromatic heterocycles. The monoisotopic (exact) mass is 368 g/mol. The van der Waals surface area contributed by atoms with Crippen molar-refractivity contribution in [2.24, 2.45) is 0 Å². The molecule has 0 heterocycles. The third kappa shape index (κ3) is 3.39. The number of rotatable bonds is 4. The molecule has 0 atom stereocenters. The minimum absolute atomic E-state index is 0.147. The SMILES string of the molecule is CCc1cccc(C)c1NS(=O)(=O)c1ccc(Br)c(N)c1. The van der Waals surface area contributed by atoms with Crippen LogP contribution in [0.4, 0.5) is 11.4 Å². The summed E-state index contributed by atoms with van der Waals surface area (Å²) in [5.41, 5.74) is 8.64. The van der Waals surface area contributed by atoms with E-state index < -0.39 is 10.0 Å². The van der Waals surface area contributed by atoms with Gasteiger partial charge in [-0.2, -0.15) is 0 Å². The lowest BCUT2D eigenvalue weighted by Crippen LogP contribution is -2.15. The minimum Gasteiger partial charge on any atom is -0.398 e. The van der Waals surface area contributed by atoms with E-state index >= 15 is 0 Å². The van der Waals surface area contributed by atoms with Crippen LogP contribution in [0, 0.1) is 6.92 Å². The summed E-state index contributed by atoms with van der Waals surface area (Å²) < 4.78 is 28.4. The van der Waals surface area contributed by atoms with Crippen molar-refractivity contribution >= 4 is 37.3 Å². The van der Waals surface area contributed by atoms with Crippen molar-refractivity contribution in [1.82, 2.24) is 0 Å². The fourth-order valence-corrected chi connectivity index (χ4v) is 3.51. The predicted octanol–water partition coefficient (Wildman–Crippen LogP) is 3.70. The van der Waals surface area contributed by atoms with E-state index in [1.54, 1.807) is 6.07 Å². The first-order chi connectivity index (χ1) is 9.85. The highest BCUT2D eigenvalue weighted by atomic mass is 79.9. The summed E-state index contributed by atoms with van der Waals surface area (Å²) in [6.07, 6.45) is 0.752. The lowest BCUT2D eigenvalue weighted by molar-refractivity contribution is 0.601. The predicted molar refractivity (Wildman–Crippen MR) is 89.9 cm³/mol. The zero-order valence-electron chi connectivity index (χ0n) is 11.9. The van der Waals surface area contributed by atoms with Crippen LogP contribution in [0.1, 0.15) is 18.1 Å². The molecule has 0 saturated carbocycles. The third-order valence-electron chi connectivity index (χ3n) is 3.25.